The maximum absolute atomic E-state index is 12.2. The van der Waals surface area contributed by atoms with Crippen molar-refractivity contribution in [2.45, 2.75) is 39.2 Å². The van der Waals surface area contributed by atoms with Crippen LogP contribution < -0.4 is 5.32 Å². The Morgan fingerprint density at radius 1 is 1.29 bits per heavy atom. The fourth-order valence-electron chi connectivity index (χ4n) is 3.13. The highest BCUT2D eigenvalue weighted by atomic mass is 35.5. The van der Waals surface area contributed by atoms with Crippen LogP contribution in [0.3, 0.4) is 0 Å². The summed E-state index contributed by atoms with van der Waals surface area (Å²) in [7, 11) is 0. The summed E-state index contributed by atoms with van der Waals surface area (Å²) in [6.07, 6.45) is 3.13. The molecule has 0 bridgehead atoms. The molecule has 0 aromatic heterocycles. The standard InChI is InChI=1S/C15H19ClN2O3/c1-9-5-10(2)7-12(6-9)17-15(19)11-3-4-14(18(20)21)13(16)8-11/h3-4,8-10,12H,5-7H2,1-2H3,(H,17,19). The molecule has 6 heteroatoms. The first-order valence-electron chi connectivity index (χ1n) is 7.11. The van der Waals surface area contributed by atoms with Gasteiger partial charge in [-0.2, -0.15) is 0 Å². The molecule has 1 fully saturated rings. The Balaban J connectivity index is 2.06. The molecular formula is C15H19ClN2O3. The third-order valence-electron chi connectivity index (χ3n) is 3.92. The lowest BCUT2D eigenvalue weighted by atomic mass is 9.80. The highest BCUT2D eigenvalue weighted by molar-refractivity contribution is 6.33. The van der Waals surface area contributed by atoms with Crippen LogP contribution in [0, 0.1) is 22.0 Å². The number of carbonyl (C=O) groups excluding carboxylic acids is 1. The van der Waals surface area contributed by atoms with E-state index in [-0.39, 0.29) is 22.7 Å². The quantitative estimate of drug-likeness (QED) is 0.681. The molecule has 114 valence electrons. The van der Waals surface area contributed by atoms with Gasteiger partial charge in [0, 0.05) is 17.7 Å². The summed E-state index contributed by atoms with van der Waals surface area (Å²) in [5.74, 6) is 0.970. The average Bonchev–Trinajstić information content (AvgIpc) is 2.36. The molecule has 1 aliphatic rings. The molecule has 0 radical (unpaired) electrons. The van der Waals surface area contributed by atoms with Gasteiger partial charge in [-0.25, -0.2) is 0 Å². The molecule has 0 saturated heterocycles. The second-order valence-corrected chi connectivity index (χ2v) is 6.42. The maximum atomic E-state index is 12.2. The van der Waals surface area contributed by atoms with Gasteiger partial charge in [0.1, 0.15) is 5.02 Å². The highest BCUT2D eigenvalue weighted by Crippen LogP contribution is 2.29. The summed E-state index contributed by atoms with van der Waals surface area (Å²) < 4.78 is 0. The Morgan fingerprint density at radius 2 is 1.90 bits per heavy atom. The third-order valence-corrected chi connectivity index (χ3v) is 4.22. The number of nitro benzene ring substituents is 1. The van der Waals surface area contributed by atoms with E-state index < -0.39 is 4.92 Å². The molecule has 5 nitrogen and oxygen atoms in total. The number of hydrogen-bond acceptors (Lipinski definition) is 3. The van der Waals surface area contributed by atoms with Crippen LogP contribution in [0.2, 0.25) is 5.02 Å². The van der Waals surface area contributed by atoms with E-state index in [1.807, 2.05) is 0 Å². The van der Waals surface area contributed by atoms with Crippen LogP contribution in [0.4, 0.5) is 5.69 Å². The van der Waals surface area contributed by atoms with Crippen LogP contribution in [-0.2, 0) is 0 Å². The van der Waals surface area contributed by atoms with Crippen molar-refractivity contribution in [2.75, 3.05) is 0 Å². The maximum Gasteiger partial charge on any atom is 0.287 e. The lowest BCUT2D eigenvalue weighted by Gasteiger charge is -2.31. The summed E-state index contributed by atoms with van der Waals surface area (Å²) in [4.78, 5) is 22.4. The van der Waals surface area contributed by atoms with E-state index in [4.69, 9.17) is 11.6 Å². The summed E-state index contributed by atoms with van der Waals surface area (Å²) in [5.41, 5.74) is 0.171. The minimum Gasteiger partial charge on any atom is -0.349 e. The van der Waals surface area contributed by atoms with E-state index in [0.29, 0.717) is 17.4 Å². The first kappa shape index (κ1) is 15.8. The summed E-state index contributed by atoms with van der Waals surface area (Å²) in [6.45, 7) is 4.38. The van der Waals surface area contributed by atoms with Crippen LogP contribution in [0.5, 0.6) is 0 Å². The number of nitrogens with one attached hydrogen (secondary N) is 1. The smallest absolute Gasteiger partial charge is 0.287 e. The number of hydrogen-bond donors (Lipinski definition) is 1. The van der Waals surface area contributed by atoms with Gasteiger partial charge in [-0.05, 0) is 43.2 Å². The average molecular weight is 311 g/mol. The van der Waals surface area contributed by atoms with Gasteiger partial charge < -0.3 is 5.32 Å². The molecule has 1 aliphatic carbocycles. The number of amides is 1. The van der Waals surface area contributed by atoms with E-state index in [0.717, 1.165) is 12.8 Å². The van der Waals surface area contributed by atoms with Gasteiger partial charge in [-0.15, -0.1) is 0 Å². The van der Waals surface area contributed by atoms with Crippen molar-refractivity contribution in [2.24, 2.45) is 11.8 Å². The fraction of sp³-hybridized carbons (Fsp3) is 0.533. The van der Waals surface area contributed by atoms with Crippen molar-refractivity contribution in [3.8, 4) is 0 Å². The Morgan fingerprint density at radius 3 is 2.43 bits per heavy atom. The molecule has 2 unspecified atom stereocenters. The van der Waals surface area contributed by atoms with Crippen LogP contribution in [-0.4, -0.2) is 16.9 Å². The normalized spacial score (nSPS) is 25.4. The van der Waals surface area contributed by atoms with Gasteiger partial charge in [-0.1, -0.05) is 25.4 Å². The topological polar surface area (TPSA) is 72.2 Å². The highest BCUT2D eigenvalue weighted by Gasteiger charge is 2.25. The van der Waals surface area contributed by atoms with Gasteiger partial charge in [0.05, 0.1) is 4.92 Å². The largest absolute Gasteiger partial charge is 0.349 e. The number of rotatable bonds is 3. The van der Waals surface area contributed by atoms with E-state index in [1.165, 1.54) is 24.6 Å². The molecule has 2 atom stereocenters. The predicted molar refractivity (Wildman–Crippen MR) is 81.5 cm³/mol. The number of nitro groups is 1. The Kier molecular flexibility index (Phi) is 4.83. The van der Waals surface area contributed by atoms with Crippen molar-refractivity contribution in [1.29, 1.82) is 0 Å². The zero-order valence-electron chi connectivity index (χ0n) is 12.1. The summed E-state index contributed by atoms with van der Waals surface area (Å²) >= 11 is 5.84. The second kappa shape index (κ2) is 6.43. The SMILES string of the molecule is CC1CC(C)CC(NC(=O)c2ccc([N+](=O)[O-])c(Cl)c2)C1. The molecule has 0 spiro atoms. The number of halogens is 1. The van der Waals surface area contributed by atoms with E-state index in [2.05, 4.69) is 19.2 Å². The minimum atomic E-state index is -0.561. The van der Waals surface area contributed by atoms with Crippen molar-refractivity contribution >= 4 is 23.2 Å². The van der Waals surface area contributed by atoms with E-state index >= 15 is 0 Å². The zero-order chi connectivity index (χ0) is 15.6. The molecule has 1 N–H and O–H groups in total. The first-order valence-corrected chi connectivity index (χ1v) is 7.49. The molecule has 1 saturated carbocycles. The molecule has 21 heavy (non-hydrogen) atoms. The van der Waals surface area contributed by atoms with Crippen LogP contribution >= 0.6 is 11.6 Å². The molecule has 0 aliphatic heterocycles. The number of nitrogens with zero attached hydrogens (tertiary/aromatic N) is 1. The first-order chi connectivity index (χ1) is 9.86. The Bertz CT molecular complexity index is 552. The molecule has 0 heterocycles. The summed E-state index contributed by atoms with van der Waals surface area (Å²) in [6, 6.07) is 4.22. The Labute approximate surface area is 128 Å². The van der Waals surface area contributed by atoms with Gasteiger partial charge in [0.25, 0.3) is 11.6 Å². The van der Waals surface area contributed by atoms with Crippen LogP contribution in [0.15, 0.2) is 18.2 Å². The molecule has 1 aromatic carbocycles. The lowest BCUT2D eigenvalue weighted by molar-refractivity contribution is -0.384. The summed E-state index contributed by atoms with van der Waals surface area (Å²) in [5, 5.41) is 13.7. The predicted octanol–water partition coefficient (Wildman–Crippen LogP) is 3.80. The minimum absolute atomic E-state index is 0.0157. The monoisotopic (exact) mass is 310 g/mol. The van der Waals surface area contributed by atoms with Crippen molar-refractivity contribution in [1.82, 2.24) is 5.32 Å². The molecule has 1 amide bonds. The van der Waals surface area contributed by atoms with Crippen molar-refractivity contribution in [3.05, 3.63) is 38.9 Å². The van der Waals surface area contributed by atoms with E-state index in [9.17, 15) is 14.9 Å². The van der Waals surface area contributed by atoms with Gasteiger partial charge in [-0.3, -0.25) is 14.9 Å². The van der Waals surface area contributed by atoms with Gasteiger partial charge >= 0.3 is 0 Å². The van der Waals surface area contributed by atoms with Crippen molar-refractivity contribution < 1.29 is 9.72 Å². The molecular weight excluding hydrogens is 292 g/mol. The second-order valence-electron chi connectivity index (χ2n) is 6.01. The molecule has 1 aromatic rings. The van der Waals surface area contributed by atoms with Crippen LogP contribution in [0.1, 0.15) is 43.5 Å². The fourth-order valence-corrected chi connectivity index (χ4v) is 3.38. The number of benzene rings is 1. The van der Waals surface area contributed by atoms with Gasteiger partial charge in [0.2, 0.25) is 0 Å². The van der Waals surface area contributed by atoms with Gasteiger partial charge in [0.15, 0.2) is 0 Å². The lowest BCUT2D eigenvalue weighted by Crippen LogP contribution is -2.40. The molecule has 2 rings (SSSR count). The third kappa shape index (κ3) is 3.94. The van der Waals surface area contributed by atoms with E-state index in [1.54, 1.807) is 0 Å². The Hall–Kier alpha value is -1.62. The van der Waals surface area contributed by atoms with Crippen LogP contribution in [0.25, 0.3) is 0 Å². The van der Waals surface area contributed by atoms with Crippen molar-refractivity contribution in [3.63, 3.8) is 0 Å². The zero-order valence-corrected chi connectivity index (χ0v) is 12.9. The number of carbonyl (C=O) groups is 1.